The number of alkyl halides is 2. The van der Waals surface area contributed by atoms with Gasteiger partial charge in [-0.1, -0.05) is 12.2 Å². The van der Waals surface area contributed by atoms with Crippen molar-refractivity contribution in [1.29, 1.82) is 0 Å². The molecule has 7 rings (SSSR count). The molecule has 0 aromatic carbocycles. The van der Waals surface area contributed by atoms with Gasteiger partial charge in [-0.2, -0.15) is 4.98 Å². The van der Waals surface area contributed by atoms with Gasteiger partial charge in [0.1, 0.15) is 42.2 Å². The molecule has 3 fully saturated rings. The van der Waals surface area contributed by atoms with Crippen LogP contribution in [0.25, 0.3) is 22.3 Å². The summed E-state index contributed by atoms with van der Waals surface area (Å²) in [5.41, 5.74) is 10.9. The fourth-order valence-corrected chi connectivity index (χ4v) is 9.84. The van der Waals surface area contributed by atoms with Crippen LogP contribution in [0, 0.1) is 0 Å². The molecule has 0 spiro atoms. The molecule has 18 nitrogen and oxygen atoms in total. The molecular formula is C20H22F2N10O8P2S3. The van der Waals surface area contributed by atoms with Crippen LogP contribution in [0.1, 0.15) is 5.37 Å². The molecule has 3 saturated heterocycles. The molecule has 242 valence electrons. The molecular weight excluding hydrogens is 704 g/mol. The van der Waals surface area contributed by atoms with Crippen LogP contribution < -0.4 is 17.0 Å². The molecule has 0 saturated carbocycles. The van der Waals surface area contributed by atoms with Gasteiger partial charge in [0.15, 0.2) is 28.7 Å². The van der Waals surface area contributed by atoms with E-state index in [1.807, 2.05) is 0 Å². The highest BCUT2D eigenvalue weighted by atomic mass is 32.7. The van der Waals surface area contributed by atoms with E-state index in [0.29, 0.717) is 0 Å². The van der Waals surface area contributed by atoms with Crippen LogP contribution in [-0.2, 0) is 45.0 Å². The Hall–Kier alpha value is -2.30. The molecule has 9 atom stereocenters. The third-order valence-corrected chi connectivity index (χ3v) is 12.0. The van der Waals surface area contributed by atoms with Crippen molar-refractivity contribution in [2.24, 2.45) is 0 Å². The van der Waals surface area contributed by atoms with Crippen molar-refractivity contribution in [3.63, 3.8) is 0 Å². The van der Waals surface area contributed by atoms with Crippen LogP contribution in [0.5, 0.6) is 0 Å². The minimum atomic E-state index is -4.46. The van der Waals surface area contributed by atoms with Crippen LogP contribution in [0.4, 0.5) is 20.5 Å². The van der Waals surface area contributed by atoms with Crippen molar-refractivity contribution in [2.75, 3.05) is 31.3 Å². The first-order chi connectivity index (χ1) is 21.3. The van der Waals surface area contributed by atoms with Crippen molar-refractivity contribution in [3.8, 4) is 0 Å². The lowest BCUT2D eigenvalue weighted by Gasteiger charge is -2.31. The number of aromatic amines is 1. The normalized spacial score (nSPS) is 37.7. The van der Waals surface area contributed by atoms with Gasteiger partial charge in [-0.05, 0) is 11.8 Å². The number of aromatic nitrogens is 8. The number of hydrogen-bond acceptors (Lipinski definition) is 16. The minimum Gasteiger partial charge on any atom is -0.382 e. The Morgan fingerprint density at radius 3 is 2.73 bits per heavy atom. The molecule has 3 aliphatic heterocycles. The Bertz CT molecular complexity index is 1970. The molecule has 4 aromatic rings. The van der Waals surface area contributed by atoms with E-state index in [1.54, 1.807) is 0 Å². The van der Waals surface area contributed by atoms with Gasteiger partial charge in [-0.25, -0.2) is 33.3 Å². The number of thioether (sulfide) groups is 1. The number of H-pyrrole nitrogens is 1. The lowest BCUT2D eigenvalue weighted by atomic mass is 10.1. The van der Waals surface area contributed by atoms with Crippen LogP contribution in [0.3, 0.4) is 0 Å². The highest BCUT2D eigenvalue weighted by Gasteiger charge is 2.58. The lowest BCUT2D eigenvalue weighted by Crippen LogP contribution is -2.45. The van der Waals surface area contributed by atoms with Crippen molar-refractivity contribution in [3.05, 3.63) is 29.3 Å². The number of hydrogen-bond donors (Lipinski definition) is 5. The van der Waals surface area contributed by atoms with E-state index in [0.717, 1.165) is 29.0 Å². The summed E-state index contributed by atoms with van der Waals surface area (Å²) >= 11 is 10.2. The van der Waals surface area contributed by atoms with Crippen molar-refractivity contribution >= 4 is 83.4 Å². The summed E-state index contributed by atoms with van der Waals surface area (Å²) in [6, 6.07) is 0. The number of nitrogens with one attached hydrogen (secondary N) is 1. The highest BCUT2D eigenvalue weighted by molar-refractivity contribution is 8.44. The molecule has 4 aromatic heterocycles. The zero-order valence-electron chi connectivity index (χ0n) is 22.3. The lowest BCUT2D eigenvalue weighted by molar-refractivity contribution is -0.0339. The topological polar surface area (TPSA) is 243 Å². The molecule has 25 heteroatoms. The van der Waals surface area contributed by atoms with Gasteiger partial charge in [0.25, 0.3) is 5.56 Å². The molecule has 0 radical (unpaired) electrons. The second kappa shape index (κ2) is 11.2. The third-order valence-electron chi connectivity index (χ3n) is 7.33. The average molecular weight is 727 g/mol. The largest absolute Gasteiger partial charge is 0.386 e. The summed E-state index contributed by atoms with van der Waals surface area (Å²) in [5, 5.41) is -2.16. The van der Waals surface area contributed by atoms with Gasteiger partial charge in [0.2, 0.25) is 11.7 Å². The number of nitrogen functional groups attached to an aromatic ring is 2. The fourth-order valence-electron chi connectivity index (χ4n) is 5.28. The Balaban J connectivity index is 1.23. The number of rotatable bonds is 2. The summed E-state index contributed by atoms with van der Waals surface area (Å²) in [6.45, 7) is -10.7. The van der Waals surface area contributed by atoms with E-state index >= 15 is 8.78 Å². The zero-order valence-corrected chi connectivity index (χ0v) is 26.6. The first-order valence-corrected chi connectivity index (χ1v) is 19.1. The molecule has 45 heavy (non-hydrogen) atoms. The van der Waals surface area contributed by atoms with E-state index in [-0.39, 0.29) is 34.1 Å². The number of halogens is 2. The summed E-state index contributed by atoms with van der Waals surface area (Å²) < 4.78 is 76.7. The number of nitrogens with two attached hydrogens (primary N) is 2. The van der Waals surface area contributed by atoms with E-state index in [1.165, 1.54) is 10.9 Å². The van der Waals surface area contributed by atoms with Gasteiger partial charge < -0.3 is 25.6 Å². The Morgan fingerprint density at radius 1 is 1.16 bits per heavy atom. The number of thiol groups is 1. The number of anilines is 2. The molecule has 0 amide bonds. The van der Waals surface area contributed by atoms with E-state index in [4.69, 9.17) is 46.1 Å². The molecule has 7 heterocycles. The smallest absolute Gasteiger partial charge is 0.382 e. The monoisotopic (exact) mass is 726 g/mol. The van der Waals surface area contributed by atoms with E-state index < -0.39 is 79.8 Å². The Labute approximate surface area is 264 Å². The third kappa shape index (κ3) is 5.46. The van der Waals surface area contributed by atoms with Crippen LogP contribution in [0.2, 0.25) is 0 Å². The SMILES string of the molecule is Nc1nc2c(ncn2[C@@H]2SC3COP(=O)(S)O[C@@H]4[C@@H](COP(O)(=S)O[C@@H]2[C@@H]3F)OC[C@]4(F)n2cnc3c(N)ncnc32)c(=O)[nH]1. The fraction of sp³-hybridized carbons (Fsp3) is 0.500. The van der Waals surface area contributed by atoms with Gasteiger partial charge in [0, 0.05) is 0 Å². The maximum Gasteiger partial charge on any atom is 0.386 e. The summed E-state index contributed by atoms with van der Waals surface area (Å²) in [6.07, 6.45) is -3.12. The number of ether oxygens (including phenoxy) is 1. The molecule has 3 aliphatic rings. The minimum absolute atomic E-state index is 0.00753. The standard InChI is InChI=1S/C20H22F2N10O8P2S3/c21-9-8-2-38-42(35,44)40-13-7(36-3-20(13,22)32-6-28-10-14(23)25-4-26-15(10)32)1-37-41(34,43)39-12(9)18(45-8)31-5-27-11-16(31)29-19(24)30-17(11)33/h4-9,12-13,18H,1-3H2,(H,34,43)(H,35,44)(H2,23,25,26)(H3,24,29,30,33)/t7-,8?,9-,12-,13-,18-,20+,41?,42?/m1/s1. The maximum atomic E-state index is 16.9. The Kier molecular flexibility index (Phi) is 7.76. The van der Waals surface area contributed by atoms with E-state index in [2.05, 4.69) is 42.2 Å². The first-order valence-electron chi connectivity index (χ1n) is 12.8. The summed E-state index contributed by atoms with van der Waals surface area (Å²) in [7, 11) is 0. The van der Waals surface area contributed by atoms with Gasteiger partial charge in [0.05, 0.1) is 31.1 Å². The second-order valence-corrected chi connectivity index (χ2v) is 17.2. The number of fused-ring (bicyclic) bond motifs is 5. The zero-order chi connectivity index (χ0) is 31.9. The van der Waals surface area contributed by atoms with Crippen LogP contribution in [0.15, 0.2) is 23.8 Å². The van der Waals surface area contributed by atoms with Gasteiger partial charge >= 0.3 is 13.5 Å². The molecule has 2 bridgehead atoms. The predicted octanol–water partition coefficient (Wildman–Crippen LogP) is 1.17. The molecule has 0 aliphatic carbocycles. The van der Waals surface area contributed by atoms with Crippen LogP contribution >= 0.6 is 37.5 Å². The van der Waals surface area contributed by atoms with Crippen molar-refractivity contribution in [1.82, 2.24) is 39.0 Å². The van der Waals surface area contributed by atoms with E-state index in [9.17, 15) is 14.3 Å². The molecule has 3 unspecified atom stereocenters. The van der Waals surface area contributed by atoms with Crippen molar-refractivity contribution in [2.45, 2.75) is 40.9 Å². The van der Waals surface area contributed by atoms with Gasteiger partial charge in [-0.15, -0.1) is 11.8 Å². The van der Waals surface area contributed by atoms with Crippen molar-refractivity contribution < 1.29 is 41.1 Å². The summed E-state index contributed by atoms with van der Waals surface area (Å²) in [5.74, 6) is -2.85. The first kappa shape index (κ1) is 31.3. The van der Waals surface area contributed by atoms with Crippen LogP contribution in [-0.4, -0.2) is 93.5 Å². The number of imidazole rings is 2. The average Bonchev–Trinajstić information content (AvgIpc) is 3.73. The molecule has 6 N–H and O–H groups in total. The second-order valence-electron chi connectivity index (χ2n) is 10.1. The van der Waals surface area contributed by atoms with Gasteiger partial charge in [-0.3, -0.25) is 32.5 Å². The highest BCUT2D eigenvalue weighted by Crippen LogP contribution is 2.60. The predicted molar refractivity (Wildman–Crippen MR) is 161 cm³/mol. The maximum absolute atomic E-state index is 16.9. The summed E-state index contributed by atoms with van der Waals surface area (Å²) in [4.78, 5) is 45.8. The Morgan fingerprint density at radius 2 is 1.93 bits per heavy atom. The quantitative estimate of drug-likeness (QED) is 0.144. The number of nitrogens with zero attached hydrogens (tertiary/aromatic N) is 7.